The molecular formula is C23H20FN3O3. The second-order valence-electron chi connectivity index (χ2n) is 7.00. The van der Waals surface area contributed by atoms with Crippen LogP contribution in [0.25, 0.3) is 22.4 Å². The predicted octanol–water partition coefficient (Wildman–Crippen LogP) is 4.84. The van der Waals surface area contributed by atoms with Crippen molar-refractivity contribution in [1.29, 1.82) is 0 Å². The molecule has 0 spiro atoms. The number of halogens is 1. The number of hydrogen-bond acceptors (Lipinski definition) is 5. The van der Waals surface area contributed by atoms with Crippen molar-refractivity contribution < 1.29 is 18.4 Å². The fourth-order valence-electron chi connectivity index (χ4n) is 3.31. The van der Waals surface area contributed by atoms with Crippen LogP contribution in [0.3, 0.4) is 0 Å². The minimum absolute atomic E-state index is 0.235. The van der Waals surface area contributed by atoms with Crippen LogP contribution in [0, 0.1) is 12.7 Å². The Hall–Kier alpha value is -3.74. The molecule has 4 aromatic rings. The van der Waals surface area contributed by atoms with E-state index >= 15 is 0 Å². The van der Waals surface area contributed by atoms with Crippen LogP contribution in [0.2, 0.25) is 0 Å². The van der Waals surface area contributed by atoms with E-state index in [0.717, 1.165) is 11.3 Å². The molecule has 1 amide bonds. The van der Waals surface area contributed by atoms with Gasteiger partial charge < -0.3 is 14.6 Å². The molecule has 0 aliphatic heterocycles. The minimum atomic E-state index is -0.355. The molecule has 0 aliphatic rings. The highest BCUT2D eigenvalue weighted by atomic mass is 19.1. The Morgan fingerprint density at radius 1 is 1.13 bits per heavy atom. The summed E-state index contributed by atoms with van der Waals surface area (Å²) in [5.74, 6) is 0.115. The summed E-state index contributed by atoms with van der Waals surface area (Å²) >= 11 is 0. The van der Waals surface area contributed by atoms with Crippen LogP contribution in [-0.2, 0) is 0 Å². The van der Waals surface area contributed by atoms with Gasteiger partial charge in [0.05, 0.1) is 24.1 Å². The smallest absolute Gasteiger partial charge is 0.259 e. The molecular weight excluding hydrogens is 385 g/mol. The van der Waals surface area contributed by atoms with Gasteiger partial charge in [-0.05, 0) is 61.9 Å². The average Bonchev–Trinajstić information content (AvgIpc) is 3.17. The van der Waals surface area contributed by atoms with E-state index in [1.165, 1.54) is 12.1 Å². The third-order valence-corrected chi connectivity index (χ3v) is 4.90. The molecule has 2 aromatic carbocycles. The number of fused-ring (bicyclic) bond motifs is 1. The summed E-state index contributed by atoms with van der Waals surface area (Å²) in [5.41, 5.74) is 3.31. The van der Waals surface area contributed by atoms with Crippen LogP contribution in [-0.4, -0.2) is 23.2 Å². The summed E-state index contributed by atoms with van der Waals surface area (Å²) in [6, 6.07) is 14.8. The van der Waals surface area contributed by atoms with Gasteiger partial charge in [-0.2, -0.15) is 0 Å². The number of aryl methyl sites for hydroxylation is 1. The first-order valence-electron chi connectivity index (χ1n) is 9.44. The lowest BCUT2D eigenvalue weighted by molar-refractivity contribution is 0.0941. The fourth-order valence-corrected chi connectivity index (χ4v) is 3.31. The number of nitrogens with one attached hydrogen (secondary N) is 1. The maximum Gasteiger partial charge on any atom is 0.259 e. The van der Waals surface area contributed by atoms with Gasteiger partial charge in [-0.1, -0.05) is 17.3 Å². The molecule has 0 saturated heterocycles. The van der Waals surface area contributed by atoms with E-state index in [2.05, 4.69) is 15.5 Å². The standard InChI is InChI=1S/C23H20FN3O3/c1-13-12-19(22(28)26-14(2)15-6-10-18(29-3)11-7-15)20-21(27-30-23(20)25-13)16-4-8-17(24)9-5-16/h4-12,14H,1-3H3,(H,26,28). The Morgan fingerprint density at radius 2 is 1.83 bits per heavy atom. The first-order valence-corrected chi connectivity index (χ1v) is 9.44. The van der Waals surface area contributed by atoms with Crippen LogP contribution < -0.4 is 10.1 Å². The maximum absolute atomic E-state index is 13.3. The fraction of sp³-hybridized carbons (Fsp3) is 0.174. The number of carbonyl (C=O) groups excluding carboxylic acids is 1. The summed E-state index contributed by atoms with van der Waals surface area (Å²) in [6.07, 6.45) is 0. The van der Waals surface area contributed by atoms with Crippen LogP contribution in [0.5, 0.6) is 5.75 Å². The third kappa shape index (κ3) is 3.74. The molecule has 2 heterocycles. The number of methoxy groups -OCH3 is 1. The number of carbonyl (C=O) groups is 1. The van der Waals surface area contributed by atoms with Gasteiger partial charge in [0.25, 0.3) is 11.6 Å². The lowest BCUT2D eigenvalue weighted by atomic mass is 10.0. The molecule has 1 unspecified atom stereocenters. The zero-order valence-electron chi connectivity index (χ0n) is 16.8. The van der Waals surface area contributed by atoms with E-state index in [1.54, 1.807) is 32.2 Å². The first kappa shape index (κ1) is 19.6. The van der Waals surface area contributed by atoms with Crippen LogP contribution in [0.15, 0.2) is 59.1 Å². The lowest BCUT2D eigenvalue weighted by Crippen LogP contribution is -2.27. The van der Waals surface area contributed by atoms with Gasteiger partial charge in [0.2, 0.25) is 0 Å². The minimum Gasteiger partial charge on any atom is -0.497 e. The maximum atomic E-state index is 13.3. The second-order valence-corrected chi connectivity index (χ2v) is 7.00. The van der Waals surface area contributed by atoms with E-state index in [-0.39, 0.29) is 23.5 Å². The van der Waals surface area contributed by atoms with Gasteiger partial charge in [0, 0.05) is 11.3 Å². The van der Waals surface area contributed by atoms with Crippen LogP contribution >= 0.6 is 0 Å². The quantitative estimate of drug-likeness (QED) is 0.514. The largest absolute Gasteiger partial charge is 0.497 e. The monoisotopic (exact) mass is 405 g/mol. The van der Waals surface area contributed by atoms with Crippen molar-refractivity contribution in [3.05, 3.63) is 77.2 Å². The molecule has 0 radical (unpaired) electrons. The average molecular weight is 405 g/mol. The van der Waals surface area contributed by atoms with Gasteiger partial charge in [0.1, 0.15) is 17.3 Å². The SMILES string of the molecule is COc1ccc(C(C)NC(=O)c2cc(C)nc3onc(-c4ccc(F)cc4)c23)cc1. The van der Waals surface area contributed by atoms with Gasteiger partial charge in [-0.15, -0.1) is 0 Å². The van der Waals surface area contributed by atoms with Crippen LogP contribution in [0.1, 0.15) is 34.6 Å². The summed E-state index contributed by atoms with van der Waals surface area (Å²) in [6.45, 7) is 3.68. The number of rotatable bonds is 5. The Kier molecular flexibility index (Phi) is 5.18. The zero-order chi connectivity index (χ0) is 21.3. The normalized spacial score (nSPS) is 12.0. The summed E-state index contributed by atoms with van der Waals surface area (Å²) in [4.78, 5) is 17.5. The van der Waals surface area contributed by atoms with E-state index in [1.807, 2.05) is 31.2 Å². The zero-order valence-corrected chi connectivity index (χ0v) is 16.8. The molecule has 1 atom stereocenters. The summed E-state index contributed by atoms with van der Waals surface area (Å²) in [7, 11) is 1.61. The van der Waals surface area contributed by atoms with Crippen molar-refractivity contribution in [2.75, 3.05) is 7.11 Å². The number of amides is 1. The number of ether oxygens (including phenoxy) is 1. The molecule has 0 fully saturated rings. The number of nitrogens with zero attached hydrogens (tertiary/aromatic N) is 2. The Bertz CT molecular complexity index is 1200. The van der Waals surface area contributed by atoms with Crippen LogP contribution in [0.4, 0.5) is 4.39 Å². The predicted molar refractivity (Wildman–Crippen MR) is 111 cm³/mol. The lowest BCUT2D eigenvalue weighted by Gasteiger charge is -2.15. The van der Waals surface area contributed by atoms with Gasteiger partial charge in [-0.3, -0.25) is 4.79 Å². The molecule has 6 nitrogen and oxygen atoms in total. The highest BCUT2D eigenvalue weighted by Gasteiger charge is 2.22. The topological polar surface area (TPSA) is 77.2 Å². The highest BCUT2D eigenvalue weighted by Crippen LogP contribution is 2.31. The van der Waals surface area contributed by atoms with Crippen molar-refractivity contribution in [1.82, 2.24) is 15.5 Å². The third-order valence-electron chi connectivity index (χ3n) is 4.90. The Balaban J connectivity index is 1.70. The number of pyridine rings is 1. The number of benzene rings is 2. The van der Waals surface area contributed by atoms with Crippen molar-refractivity contribution >= 4 is 17.0 Å². The second kappa shape index (κ2) is 7.94. The summed E-state index contributed by atoms with van der Waals surface area (Å²) in [5, 5.41) is 7.58. The molecule has 4 rings (SSSR count). The molecule has 7 heteroatoms. The Morgan fingerprint density at radius 3 is 2.50 bits per heavy atom. The molecule has 0 bridgehead atoms. The number of hydrogen-bond donors (Lipinski definition) is 1. The molecule has 0 saturated carbocycles. The Labute approximate surface area is 172 Å². The van der Waals surface area contributed by atoms with Gasteiger partial charge in [0.15, 0.2) is 0 Å². The summed E-state index contributed by atoms with van der Waals surface area (Å²) < 4.78 is 23.9. The molecule has 1 N–H and O–H groups in total. The van der Waals surface area contributed by atoms with E-state index in [4.69, 9.17) is 9.26 Å². The molecule has 30 heavy (non-hydrogen) atoms. The first-order chi connectivity index (χ1) is 14.5. The van der Waals surface area contributed by atoms with Crippen molar-refractivity contribution in [3.63, 3.8) is 0 Å². The van der Waals surface area contributed by atoms with E-state index in [0.29, 0.717) is 27.9 Å². The van der Waals surface area contributed by atoms with Gasteiger partial charge >= 0.3 is 0 Å². The molecule has 2 aromatic heterocycles. The van der Waals surface area contributed by atoms with Crippen molar-refractivity contribution in [2.45, 2.75) is 19.9 Å². The van der Waals surface area contributed by atoms with Gasteiger partial charge in [-0.25, -0.2) is 9.37 Å². The number of aromatic nitrogens is 2. The molecule has 152 valence electrons. The molecule has 0 aliphatic carbocycles. The van der Waals surface area contributed by atoms with Crippen molar-refractivity contribution in [3.8, 4) is 17.0 Å². The van der Waals surface area contributed by atoms with E-state index < -0.39 is 0 Å². The van der Waals surface area contributed by atoms with Crippen molar-refractivity contribution in [2.24, 2.45) is 0 Å². The highest BCUT2D eigenvalue weighted by molar-refractivity contribution is 6.09. The van der Waals surface area contributed by atoms with E-state index in [9.17, 15) is 9.18 Å².